The summed E-state index contributed by atoms with van der Waals surface area (Å²) >= 11 is 3.51. The minimum atomic E-state index is 0.590. The maximum absolute atomic E-state index is 4.71. The summed E-state index contributed by atoms with van der Waals surface area (Å²) in [5.74, 6) is 3.42. The van der Waals surface area contributed by atoms with Crippen LogP contribution in [0.15, 0.2) is 10.7 Å². The van der Waals surface area contributed by atoms with Crippen molar-refractivity contribution in [1.82, 2.24) is 9.97 Å². The first-order valence-electron chi connectivity index (χ1n) is 7.57. The van der Waals surface area contributed by atoms with Gasteiger partial charge >= 0.3 is 0 Å². The van der Waals surface area contributed by atoms with E-state index in [9.17, 15) is 0 Å². The van der Waals surface area contributed by atoms with E-state index in [-0.39, 0.29) is 0 Å². The average Bonchev–Trinajstić information content (AvgIpc) is 3.23. The van der Waals surface area contributed by atoms with Crippen LogP contribution in [-0.4, -0.2) is 16.0 Å². The Morgan fingerprint density at radius 2 is 2.00 bits per heavy atom. The molecule has 1 aromatic rings. The molecule has 0 aromatic carbocycles. The van der Waals surface area contributed by atoms with Gasteiger partial charge in [0.2, 0.25) is 0 Å². The fourth-order valence-corrected chi connectivity index (χ4v) is 3.51. The third-order valence-corrected chi connectivity index (χ3v) is 4.83. The van der Waals surface area contributed by atoms with Gasteiger partial charge in [0.25, 0.3) is 0 Å². The van der Waals surface area contributed by atoms with Crippen LogP contribution >= 0.6 is 15.9 Å². The van der Waals surface area contributed by atoms with Crippen molar-refractivity contribution in [3.63, 3.8) is 0 Å². The van der Waals surface area contributed by atoms with Gasteiger partial charge in [-0.25, -0.2) is 9.97 Å². The monoisotopic (exact) mass is 323 g/mol. The zero-order valence-corrected chi connectivity index (χ0v) is 13.1. The normalized spacial score (nSPS) is 27.3. The van der Waals surface area contributed by atoms with E-state index in [0.29, 0.717) is 12.0 Å². The van der Waals surface area contributed by atoms with Crippen molar-refractivity contribution < 1.29 is 0 Å². The summed E-state index contributed by atoms with van der Waals surface area (Å²) in [5, 5.41) is 3.66. The molecule has 2 saturated carbocycles. The minimum absolute atomic E-state index is 0.590. The highest BCUT2D eigenvalue weighted by molar-refractivity contribution is 9.10. The summed E-state index contributed by atoms with van der Waals surface area (Å²) < 4.78 is 0.913. The van der Waals surface area contributed by atoms with Crippen LogP contribution in [0.5, 0.6) is 0 Å². The highest BCUT2D eigenvalue weighted by Gasteiger charge is 2.28. The van der Waals surface area contributed by atoms with Gasteiger partial charge in [0, 0.05) is 18.0 Å². The van der Waals surface area contributed by atoms with Crippen molar-refractivity contribution in [1.29, 1.82) is 0 Å². The molecule has 0 saturated heterocycles. The van der Waals surface area contributed by atoms with Crippen LogP contribution in [0.4, 0.5) is 5.82 Å². The third kappa shape index (κ3) is 3.28. The molecule has 2 fully saturated rings. The maximum atomic E-state index is 4.71. The second-order valence-corrected chi connectivity index (χ2v) is 6.72. The first-order valence-corrected chi connectivity index (χ1v) is 8.36. The molecule has 3 nitrogen and oxygen atoms in total. The van der Waals surface area contributed by atoms with Crippen LogP contribution in [0.1, 0.15) is 63.6 Å². The molecule has 0 amide bonds. The van der Waals surface area contributed by atoms with Gasteiger partial charge in [-0.3, -0.25) is 0 Å². The summed E-state index contributed by atoms with van der Waals surface area (Å²) in [7, 11) is 0. The molecule has 0 radical (unpaired) electrons. The molecule has 2 unspecified atom stereocenters. The fourth-order valence-electron chi connectivity index (χ4n) is 3.11. The Morgan fingerprint density at radius 1 is 1.21 bits per heavy atom. The number of rotatable bonds is 4. The second kappa shape index (κ2) is 5.78. The molecule has 19 heavy (non-hydrogen) atoms. The van der Waals surface area contributed by atoms with Crippen LogP contribution in [0, 0.1) is 5.92 Å². The number of aromatic nitrogens is 2. The van der Waals surface area contributed by atoms with Crippen LogP contribution in [-0.2, 0) is 0 Å². The third-order valence-electron chi connectivity index (χ3n) is 4.42. The molecule has 2 atom stereocenters. The summed E-state index contributed by atoms with van der Waals surface area (Å²) in [6, 6.07) is 2.61. The van der Waals surface area contributed by atoms with Gasteiger partial charge in [0.1, 0.15) is 16.2 Å². The molecule has 3 rings (SSSR count). The van der Waals surface area contributed by atoms with E-state index < -0.39 is 0 Å². The van der Waals surface area contributed by atoms with Gasteiger partial charge in [-0.1, -0.05) is 26.2 Å². The lowest BCUT2D eigenvalue weighted by atomic mass is 9.83. The first-order chi connectivity index (χ1) is 9.26. The predicted octanol–water partition coefficient (Wildman–Crippen LogP) is 4.50. The zero-order chi connectivity index (χ0) is 13.2. The van der Waals surface area contributed by atoms with E-state index in [1.807, 2.05) is 6.07 Å². The standard InChI is InChI=1S/C15H22BrN3/c1-2-10-5-3-4-6-12(10)17-14-9-13(16)18-15(19-14)11-7-8-11/h9-12H,2-8H2,1H3,(H,17,18,19). The Balaban J connectivity index is 1.74. The first kappa shape index (κ1) is 13.3. The fraction of sp³-hybridized carbons (Fsp3) is 0.733. The van der Waals surface area contributed by atoms with Gasteiger partial charge in [-0.05, 0) is 47.5 Å². The molecule has 2 aliphatic carbocycles. The van der Waals surface area contributed by atoms with E-state index in [1.54, 1.807) is 0 Å². The Morgan fingerprint density at radius 3 is 2.74 bits per heavy atom. The lowest BCUT2D eigenvalue weighted by molar-refractivity contribution is 0.316. The van der Waals surface area contributed by atoms with Crippen molar-refractivity contribution in [3.8, 4) is 0 Å². The molecule has 104 valence electrons. The molecule has 1 heterocycles. The van der Waals surface area contributed by atoms with Gasteiger partial charge in [0.15, 0.2) is 0 Å². The van der Waals surface area contributed by atoms with Gasteiger partial charge in [-0.15, -0.1) is 0 Å². The number of hydrogen-bond donors (Lipinski definition) is 1. The zero-order valence-electron chi connectivity index (χ0n) is 11.5. The molecule has 0 aliphatic heterocycles. The summed E-state index contributed by atoms with van der Waals surface area (Å²) in [4.78, 5) is 9.20. The molecular weight excluding hydrogens is 302 g/mol. The number of nitrogens with zero attached hydrogens (tertiary/aromatic N) is 2. The SMILES string of the molecule is CCC1CCCCC1Nc1cc(Br)nc(C2CC2)n1. The lowest BCUT2D eigenvalue weighted by Crippen LogP contribution is -2.32. The van der Waals surface area contributed by atoms with E-state index >= 15 is 0 Å². The Labute approximate surface area is 123 Å². The van der Waals surface area contributed by atoms with Gasteiger partial charge < -0.3 is 5.32 Å². The Kier molecular flexibility index (Phi) is 4.06. The molecule has 1 aromatic heterocycles. The van der Waals surface area contributed by atoms with Gasteiger partial charge in [0.05, 0.1) is 0 Å². The predicted molar refractivity (Wildman–Crippen MR) is 81.4 cm³/mol. The summed E-state index contributed by atoms with van der Waals surface area (Å²) in [6.07, 6.45) is 9.12. The molecule has 4 heteroatoms. The number of anilines is 1. The molecule has 0 spiro atoms. The van der Waals surface area contributed by atoms with Gasteiger partial charge in [-0.2, -0.15) is 0 Å². The second-order valence-electron chi connectivity index (χ2n) is 5.91. The van der Waals surface area contributed by atoms with Crippen LogP contribution < -0.4 is 5.32 Å². The van der Waals surface area contributed by atoms with E-state index in [4.69, 9.17) is 4.98 Å². The van der Waals surface area contributed by atoms with Crippen LogP contribution in [0.2, 0.25) is 0 Å². The van der Waals surface area contributed by atoms with E-state index in [1.165, 1.54) is 44.9 Å². The largest absolute Gasteiger partial charge is 0.367 e. The lowest BCUT2D eigenvalue weighted by Gasteiger charge is -2.32. The molecule has 1 N–H and O–H groups in total. The van der Waals surface area contributed by atoms with Crippen molar-refractivity contribution in [3.05, 3.63) is 16.5 Å². The highest BCUT2D eigenvalue weighted by atomic mass is 79.9. The number of halogens is 1. The summed E-state index contributed by atoms with van der Waals surface area (Å²) in [6.45, 7) is 2.30. The quantitative estimate of drug-likeness (QED) is 0.829. The van der Waals surface area contributed by atoms with Crippen LogP contribution in [0.25, 0.3) is 0 Å². The Bertz CT molecular complexity index is 445. The van der Waals surface area contributed by atoms with Crippen molar-refractivity contribution in [2.24, 2.45) is 5.92 Å². The minimum Gasteiger partial charge on any atom is -0.367 e. The summed E-state index contributed by atoms with van der Waals surface area (Å²) in [5.41, 5.74) is 0. The topological polar surface area (TPSA) is 37.8 Å². The van der Waals surface area contributed by atoms with E-state index in [2.05, 4.69) is 33.2 Å². The molecule has 0 bridgehead atoms. The van der Waals surface area contributed by atoms with Crippen molar-refractivity contribution in [2.75, 3.05) is 5.32 Å². The maximum Gasteiger partial charge on any atom is 0.135 e. The van der Waals surface area contributed by atoms with E-state index in [0.717, 1.165) is 22.2 Å². The number of nitrogens with one attached hydrogen (secondary N) is 1. The molecular formula is C15H22BrN3. The Hall–Kier alpha value is -0.640. The van der Waals surface area contributed by atoms with Crippen molar-refractivity contribution >= 4 is 21.7 Å². The molecule has 2 aliphatic rings. The smallest absolute Gasteiger partial charge is 0.135 e. The van der Waals surface area contributed by atoms with Crippen LogP contribution in [0.3, 0.4) is 0 Å². The van der Waals surface area contributed by atoms with Crippen molar-refractivity contribution in [2.45, 2.75) is 63.8 Å². The highest BCUT2D eigenvalue weighted by Crippen LogP contribution is 2.39. The average molecular weight is 324 g/mol. The number of hydrogen-bond acceptors (Lipinski definition) is 3.